The Kier molecular flexibility index (Phi) is 4.53. The van der Waals surface area contributed by atoms with Gasteiger partial charge in [-0.05, 0) is 67.4 Å². The zero-order valence-corrected chi connectivity index (χ0v) is 15.9. The number of ether oxygens (including phenoxy) is 1. The third-order valence-electron chi connectivity index (χ3n) is 4.71. The maximum absolute atomic E-state index is 12.6. The highest BCUT2D eigenvalue weighted by atomic mass is 16.5. The first kappa shape index (κ1) is 17.7. The monoisotopic (exact) mass is 372 g/mol. The third-order valence-corrected chi connectivity index (χ3v) is 4.71. The lowest BCUT2D eigenvalue weighted by Gasteiger charge is -2.08. The van der Waals surface area contributed by atoms with Gasteiger partial charge in [0.05, 0.1) is 18.4 Å². The lowest BCUT2D eigenvalue weighted by molar-refractivity contribution is 0.102. The summed E-state index contributed by atoms with van der Waals surface area (Å²) in [4.78, 5) is 14.2. The molecule has 140 valence electrons. The number of fused-ring (bicyclic) bond motifs is 1. The van der Waals surface area contributed by atoms with Crippen LogP contribution in [-0.2, 0) is 0 Å². The van der Waals surface area contributed by atoms with Crippen molar-refractivity contribution in [1.29, 1.82) is 0 Å². The van der Waals surface area contributed by atoms with E-state index in [2.05, 4.69) is 41.5 Å². The average molecular weight is 372 g/mol. The minimum Gasteiger partial charge on any atom is -0.496 e. The van der Waals surface area contributed by atoms with Crippen molar-refractivity contribution >= 4 is 22.6 Å². The quantitative estimate of drug-likeness (QED) is 0.580. The molecule has 0 atom stereocenters. The van der Waals surface area contributed by atoms with Gasteiger partial charge in [0.2, 0.25) is 0 Å². The van der Waals surface area contributed by atoms with Crippen LogP contribution in [0.2, 0.25) is 0 Å². The van der Waals surface area contributed by atoms with Gasteiger partial charge in [0, 0.05) is 5.69 Å². The number of para-hydroxylation sites is 1. The molecule has 0 saturated heterocycles. The first-order valence-corrected chi connectivity index (χ1v) is 8.94. The Bertz CT molecular complexity index is 1180. The molecule has 1 aromatic heterocycles. The van der Waals surface area contributed by atoms with Gasteiger partial charge in [-0.1, -0.05) is 18.2 Å². The SMILES string of the molecule is COc1ccccc1C(=O)Nc1ccc2nn(-c3ccc(C)c(C)c3)nc2c1. The highest BCUT2D eigenvalue weighted by Gasteiger charge is 2.13. The number of benzene rings is 3. The highest BCUT2D eigenvalue weighted by Crippen LogP contribution is 2.22. The van der Waals surface area contributed by atoms with E-state index in [0.717, 1.165) is 11.2 Å². The number of nitrogens with zero attached hydrogens (tertiary/aromatic N) is 3. The molecule has 0 saturated carbocycles. The van der Waals surface area contributed by atoms with E-state index >= 15 is 0 Å². The van der Waals surface area contributed by atoms with Crippen LogP contribution in [0.5, 0.6) is 5.75 Å². The second-order valence-corrected chi connectivity index (χ2v) is 6.62. The summed E-state index contributed by atoms with van der Waals surface area (Å²) in [5, 5.41) is 12.0. The number of carbonyl (C=O) groups excluding carboxylic acids is 1. The van der Waals surface area contributed by atoms with Crippen molar-refractivity contribution in [3.05, 3.63) is 77.4 Å². The maximum Gasteiger partial charge on any atom is 0.259 e. The minimum absolute atomic E-state index is 0.238. The van der Waals surface area contributed by atoms with Gasteiger partial charge in [-0.15, -0.1) is 10.2 Å². The summed E-state index contributed by atoms with van der Waals surface area (Å²) in [5.41, 5.74) is 5.90. The molecule has 0 aliphatic heterocycles. The van der Waals surface area contributed by atoms with Gasteiger partial charge in [-0.25, -0.2) is 0 Å². The Morgan fingerprint density at radius 3 is 2.50 bits per heavy atom. The third kappa shape index (κ3) is 3.32. The van der Waals surface area contributed by atoms with Gasteiger partial charge < -0.3 is 10.1 Å². The number of hydrogen-bond donors (Lipinski definition) is 1. The fourth-order valence-corrected chi connectivity index (χ4v) is 2.99. The van der Waals surface area contributed by atoms with Crippen LogP contribution in [0.4, 0.5) is 5.69 Å². The van der Waals surface area contributed by atoms with E-state index in [1.165, 1.54) is 11.1 Å². The number of aromatic nitrogens is 3. The van der Waals surface area contributed by atoms with E-state index in [9.17, 15) is 4.79 Å². The van der Waals surface area contributed by atoms with Crippen LogP contribution >= 0.6 is 0 Å². The summed E-state index contributed by atoms with van der Waals surface area (Å²) in [6.45, 7) is 4.14. The molecule has 1 N–H and O–H groups in total. The predicted octanol–water partition coefficient (Wildman–Crippen LogP) is 4.30. The Hall–Kier alpha value is -3.67. The first-order valence-electron chi connectivity index (χ1n) is 8.94. The molecule has 0 unspecified atom stereocenters. The number of amides is 1. The van der Waals surface area contributed by atoms with Crippen molar-refractivity contribution in [3.63, 3.8) is 0 Å². The topological polar surface area (TPSA) is 69.0 Å². The summed E-state index contributed by atoms with van der Waals surface area (Å²) in [7, 11) is 1.54. The molecule has 6 heteroatoms. The lowest BCUT2D eigenvalue weighted by Crippen LogP contribution is -2.13. The maximum atomic E-state index is 12.6. The molecule has 0 bridgehead atoms. The zero-order chi connectivity index (χ0) is 19.7. The number of anilines is 1. The predicted molar refractivity (Wildman–Crippen MR) is 109 cm³/mol. The van der Waals surface area contributed by atoms with Gasteiger partial charge in [-0.2, -0.15) is 4.80 Å². The molecule has 4 rings (SSSR count). The van der Waals surface area contributed by atoms with Crippen LogP contribution in [0.25, 0.3) is 16.7 Å². The second-order valence-electron chi connectivity index (χ2n) is 6.62. The average Bonchev–Trinajstić information content (AvgIpc) is 3.13. The molecule has 0 spiro atoms. The second kappa shape index (κ2) is 7.15. The number of rotatable bonds is 4. The smallest absolute Gasteiger partial charge is 0.259 e. The molecule has 3 aromatic carbocycles. The summed E-state index contributed by atoms with van der Waals surface area (Å²) < 4.78 is 5.26. The molecule has 0 fully saturated rings. The molecule has 4 aromatic rings. The van der Waals surface area contributed by atoms with E-state index in [4.69, 9.17) is 4.74 Å². The lowest BCUT2D eigenvalue weighted by atomic mass is 10.1. The number of carbonyl (C=O) groups is 1. The minimum atomic E-state index is -0.238. The van der Waals surface area contributed by atoms with Gasteiger partial charge in [0.15, 0.2) is 0 Å². The highest BCUT2D eigenvalue weighted by molar-refractivity contribution is 6.06. The van der Waals surface area contributed by atoms with Crippen LogP contribution in [-0.4, -0.2) is 28.0 Å². The number of methoxy groups -OCH3 is 1. The molecule has 1 amide bonds. The Morgan fingerprint density at radius 2 is 1.71 bits per heavy atom. The summed E-state index contributed by atoms with van der Waals surface area (Å²) in [6.07, 6.45) is 0. The van der Waals surface area contributed by atoms with Gasteiger partial charge in [-0.3, -0.25) is 4.79 Å². The Balaban J connectivity index is 1.63. The van der Waals surface area contributed by atoms with Crippen LogP contribution in [0, 0.1) is 13.8 Å². The van der Waals surface area contributed by atoms with E-state index in [1.807, 2.05) is 30.3 Å². The van der Waals surface area contributed by atoms with E-state index in [1.54, 1.807) is 30.1 Å². The molecule has 0 radical (unpaired) electrons. The van der Waals surface area contributed by atoms with E-state index in [-0.39, 0.29) is 5.91 Å². The van der Waals surface area contributed by atoms with Crippen LogP contribution in [0.15, 0.2) is 60.7 Å². The molecule has 6 nitrogen and oxygen atoms in total. The zero-order valence-electron chi connectivity index (χ0n) is 15.9. The van der Waals surface area contributed by atoms with Crippen LogP contribution < -0.4 is 10.1 Å². The van der Waals surface area contributed by atoms with Crippen molar-refractivity contribution in [2.75, 3.05) is 12.4 Å². The van der Waals surface area contributed by atoms with Crippen LogP contribution in [0.3, 0.4) is 0 Å². The van der Waals surface area contributed by atoms with Crippen LogP contribution in [0.1, 0.15) is 21.5 Å². The Labute approximate surface area is 162 Å². The van der Waals surface area contributed by atoms with Crippen molar-refractivity contribution in [2.45, 2.75) is 13.8 Å². The number of aryl methyl sites for hydroxylation is 2. The molecular formula is C22H20N4O2. The number of hydrogen-bond acceptors (Lipinski definition) is 4. The van der Waals surface area contributed by atoms with Crippen molar-refractivity contribution in [2.24, 2.45) is 0 Å². The van der Waals surface area contributed by atoms with Gasteiger partial charge >= 0.3 is 0 Å². The molecule has 0 aliphatic rings. The standard InChI is InChI=1S/C22H20N4O2/c1-14-8-10-17(12-15(14)2)26-24-19-11-9-16(13-20(19)25-26)23-22(27)18-6-4-5-7-21(18)28-3/h4-13H,1-3H3,(H,23,27). The van der Waals surface area contributed by atoms with E-state index in [0.29, 0.717) is 22.5 Å². The normalized spacial score (nSPS) is 10.8. The Morgan fingerprint density at radius 1 is 0.929 bits per heavy atom. The largest absolute Gasteiger partial charge is 0.496 e. The summed E-state index contributed by atoms with van der Waals surface area (Å²) in [6, 6.07) is 18.7. The molecule has 28 heavy (non-hydrogen) atoms. The fourth-order valence-electron chi connectivity index (χ4n) is 2.99. The summed E-state index contributed by atoms with van der Waals surface area (Å²) >= 11 is 0. The fraction of sp³-hybridized carbons (Fsp3) is 0.136. The molecule has 0 aliphatic carbocycles. The van der Waals surface area contributed by atoms with E-state index < -0.39 is 0 Å². The van der Waals surface area contributed by atoms with Gasteiger partial charge in [0.1, 0.15) is 16.8 Å². The first-order chi connectivity index (χ1) is 13.5. The van der Waals surface area contributed by atoms with Crippen molar-refractivity contribution in [3.8, 4) is 11.4 Å². The van der Waals surface area contributed by atoms with Crippen molar-refractivity contribution < 1.29 is 9.53 Å². The number of nitrogens with one attached hydrogen (secondary N) is 1. The van der Waals surface area contributed by atoms with Crippen molar-refractivity contribution in [1.82, 2.24) is 15.0 Å². The summed E-state index contributed by atoms with van der Waals surface area (Å²) in [5.74, 6) is 0.292. The molecule has 1 heterocycles. The van der Waals surface area contributed by atoms with Gasteiger partial charge in [0.25, 0.3) is 5.91 Å². The molecular weight excluding hydrogens is 352 g/mol.